The molecule has 1 aromatic carbocycles. The quantitative estimate of drug-likeness (QED) is 0.909. The highest BCUT2D eigenvalue weighted by Gasteiger charge is 2.15. The van der Waals surface area contributed by atoms with Crippen molar-refractivity contribution >= 4 is 11.5 Å². The first-order valence-corrected chi connectivity index (χ1v) is 5.72. The Kier molecular flexibility index (Phi) is 3.61. The lowest BCUT2D eigenvalue weighted by molar-refractivity contribution is 0.548. The monoisotopic (exact) mass is 277 g/mol. The number of nitrogens with one attached hydrogen (secondary N) is 1. The van der Waals surface area contributed by atoms with Gasteiger partial charge in [-0.25, -0.2) is 18.2 Å². The predicted molar refractivity (Wildman–Crippen MR) is 68.0 cm³/mol. The van der Waals surface area contributed by atoms with Crippen molar-refractivity contribution in [2.45, 2.75) is 13.8 Å². The molecule has 3 nitrogen and oxygen atoms in total. The molecule has 2 rings (SSSR count). The summed E-state index contributed by atoms with van der Waals surface area (Å²) in [6, 6.07) is 4.71. The number of aromatic nitrogens is 1. The second kappa shape index (κ2) is 5.21. The zero-order chi connectivity index (χ0) is 14.9. The smallest absolute Gasteiger partial charge is 0.152 e. The van der Waals surface area contributed by atoms with Gasteiger partial charge >= 0.3 is 0 Å². The van der Waals surface area contributed by atoms with Gasteiger partial charge in [0.15, 0.2) is 11.6 Å². The summed E-state index contributed by atoms with van der Waals surface area (Å²) in [5.74, 6) is -3.16. The van der Waals surface area contributed by atoms with Gasteiger partial charge < -0.3 is 5.32 Å². The SMILES string of the molecule is Cc1cc(C)c(C#N)c(Nc2c(F)cc(F)cc2F)n1. The van der Waals surface area contributed by atoms with Gasteiger partial charge in [0.2, 0.25) is 0 Å². The van der Waals surface area contributed by atoms with E-state index < -0.39 is 23.1 Å². The zero-order valence-electron chi connectivity index (χ0n) is 10.8. The van der Waals surface area contributed by atoms with Crippen LogP contribution < -0.4 is 5.32 Å². The van der Waals surface area contributed by atoms with E-state index in [1.807, 2.05) is 6.07 Å². The Labute approximate surface area is 113 Å². The Morgan fingerprint density at radius 1 is 1.10 bits per heavy atom. The van der Waals surface area contributed by atoms with E-state index in [-0.39, 0.29) is 11.4 Å². The standard InChI is InChI=1S/C14H10F3N3/c1-7-3-8(2)19-14(10(7)6-18)20-13-11(16)4-9(15)5-12(13)17/h3-5H,1-2H3,(H,19,20). The number of nitriles is 1. The van der Waals surface area contributed by atoms with Crippen LogP contribution >= 0.6 is 0 Å². The molecular weight excluding hydrogens is 267 g/mol. The molecule has 0 spiro atoms. The first kappa shape index (κ1) is 13.9. The molecule has 0 saturated carbocycles. The molecule has 0 amide bonds. The number of benzene rings is 1. The number of hydrogen-bond acceptors (Lipinski definition) is 3. The molecule has 0 aliphatic carbocycles. The minimum atomic E-state index is -1.09. The fraction of sp³-hybridized carbons (Fsp3) is 0.143. The van der Waals surface area contributed by atoms with Crippen molar-refractivity contribution < 1.29 is 13.2 Å². The van der Waals surface area contributed by atoms with Crippen LogP contribution in [-0.2, 0) is 0 Å². The van der Waals surface area contributed by atoms with Crippen LogP contribution in [0.1, 0.15) is 16.8 Å². The van der Waals surface area contributed by atoms with Gasteiger partial charge in [-0.3, -0.25) is 0 Å². The van der Waals surface area contributed by atoms with E-state index in [1.165, 1.54) is 0 Å². The third-order valence-corrected chi connectivity index (χ3v) is 2.71. The maximum Gasteiger partial charge on any atom is 0.152 e. The summed E-state index contributed by atoms with van der Waals surface area (Å²) in [5.41, 5.74) is 0.858. The Bertz CT molecular complexity index is 697. The van der Waals surface area contributed by atoms with E-state index in [9.17, 15) is 13.2 Å². The van der Waals surface area contributed by atoms with Gasteiger partial charge in [-0.05, 0) is 25.5 Å². The van der Waals surface area contributed by atoms with E-state index in [2.05, 4.69) is 10.3 Å². The van der Waals surface area contributed by atoms with E-state index in [1.54, 1.807) is 19.9 Å². The lowest BCUT2D eigenvalue weighted by atomic mass is 10.1. The molecule has 0 unspecified atom stereocenters. The van der Waals surface area contributed by atoms with Gasteiger partial charge in [0.05, 0.1) is 5.56 Å². The maximum absolute atomic E-state index is 13.6. The van der Waals surface area contributed by atoms with Gasteiger partial charge in [0, 0.05) is 17.8 Å². The van der Waals surface area contributed by atoms with Crippen LogP contribution in [-0.4, -0.2) is 4.98 Å². The average molecular weight is 277 g/mol. The summed E-state index contributed by atoms with van der Waals surface area (Å²) >= 11 is 0. The minimum absolute atomic E-state index is 0.0365. The molecule has 102 valence electrons. The Hall–Kier alpha value is -2.55. The lowest BCUT2D eigenvalue weighted by Gasteiger charge is -2.11. The van der Waals surface area contributed by atoms with Crippen LogP contribution in [0, 0.1) is 42.6 Å². The molecule has 0 fully saturated rings. The van der Waals surface area contributed by atoms with Gasteiger partial charge in [0.1, 0.15) is 23.4 Å². The van der Waals surface area contributed by atoms with Crippen molar-refractivity contribution in [1.82, 2.24) is 4.98 Å². The van der Waals surface area contributed by atoms with Crippen LogP contribution in [0.25, 0.3) is 0 Å². The van der Waals surface area contributed by atoms with Gasteiger partial charge in [0.25, 0.3) is 0 Å². The fourth-order valence-electron chi connectivity index (χ4n) is 1.85. The number of rotatable bonds is 2. The number of anilines is 2. The molecule has 20 heavy (non-hydrogen) atoms. The minimum Gasteiger partial charge on any atom is -0.334 e. The summed E-state index contributed by atoms with van der Waals surface area (Å²) in [6.07, 6.45) is 0. The van der Waals surface area contributed by atoms with Crippen molar-refractivity contribution in [1.29, 1.82) is 5.26 Å². The van der Waals surface area contributed by atoms with Gasteiger partial charge in [-0.15, -0.1) is 0 Å². The topological polar surface area (TPSA) is 48.7 Å². The first-order valence-electron chi connectivity index (χ1n) is 5.72. The Balaban J connectivity index is 2.54. The average Bonchev–Trinajstić information content (AvgIpc) is 2.33. The summed E-state index contributed by atoms with van der Waals surface area (Å²) in [5, 5.41) is 11.5. The molecule has 0 bridgehead atoms. The third-order valence-electron chi connectivity index (χ3n) is 2.71. The van der Waals surface area contributed by atoms with Crippen LogP contribution in [0.4, 0.5) is 24.7 Å². The van der Waals surface area contributed by atoms with Crippen LogP contribution in [0.3, 0.4) is 0 Å². The molecule has 0 aliphatic heterocycles. The van der Waals surface area contributed by atoms with Crippen molar-refractivity contribution in [2.75, 3.05) is 5.32 Å². The van der Waals surface area contributed by atoms with Crippen molar-refractivity contribution in [2.24, 2.45) is 0 Å². The molecule has 2 aromatic rings. The number of halogens is 3. The summed E-state index contributed by atoms with van der Waals surface area (Å²) in [7, 11) is 0. The molecule has 1 aromatic heterocycles. The number of nitrogens with zero attached hydrogens (tertiary/aromatic N) is 2. The van der Waals surface area contributed by atoms with E-state index in [0.29, 0.717) is 23.4 Å². The number of aryl methyl sites for hydroxylation is 2. The van der Waals surface area contributed by atoms with Crippen LogP contribution in [0.5, 0.6) is 0 Å². The normalized spacial score (nSPS) is 10.2. The molecule has 1 heterocycles. The largest absolute Gasteiger partial charge is 0.334 e. The second-order valence-corrected chi connectivity index (χ2v) is 4.29. The molecule has 0 radical (unpaired) electrons. The van der Waals surface area contributed by atoms with Crippen LogP contribution in [0.15, 0.2) is 18.2 Å². The predicted octanol–water partition coefficient (Wildman–Crippen LogP) is 3.73. The summed E-state index contributed by atoms with van der Waals surface area (Å²) < 4.78 is 40.0. The zero-order valence-corrected chi connectivity index (χ0v) is 10.8. The molecule has 6 heteroatoms. The van der Waals surface area contributed by atoms with Gasteiger partial charge in [-0.2, -0.15) is 5.26 Å². The fourth-order valence-corrected chi connectivity index (χ4v) is 1.85. The molecule has 0 aliphatic rings. The van der Waals surface area contributed by atoms with E-state index in [0.717, 1.165) is 0 Å². The Morgan fingerprint density at radius 2 is 1.70 bits per heavy atom. The molecule has 0 saturated heterocycles. The Morgan fingerprint density at radius 3 is 2.25 bits per heavy atom. The number of pyridine rings is 1. The summed E-state index contributed by atoms with van der Waals surface area (Å²) in [4.78, 5) is 4.04. The third kappa shape index (κ3) is 2.57. The molecule has 0 atom stereocenters. The molecular formula is C14H10F3N3. The maximum atomic E-state index is 13.6. The van der Waals surface area contributed by atoms with Crippen molar-refractivity contribution in [3.05, 3.63) is 52.5 Å². The highest BCUT2D eigenvalue weighted by molar-refractivity contribution is 5.65. The summed E-state index contributed by atoms with van der Waals surface area (Å²) in [6.45, 7) is 3.38. The van der Waals surface area contributed by atoms with E-state index >= 15 is 0 Å². The highest BCUT2D eigenvalue weighted by atomic mass is 19.1. The van der Waals surface area contributed by atoms with Gasteiger partial charge in [-0.1, -0.05) is 0 Å². The lowest BCUT2D eigenvalue weighted by Crippen LogP contribution is -2.04. The number of hydrogen-bond donors (Lipinski definition) is 1. The van der Waals surface area contributed by atoms with Crippen LogP contribution in [0.2, 0.25) is 0 Å². The first-order chi connectivity index (χ1) is 9.42. The van der Waals surface area contributed by atoms with Crippen molar-refractivity contribution in [3.8, 4) is 6.07 Å². The van der Waals surface area contributed by atoms with Crippen molar-refractivity contribution in [3.63, 3.8) is 0 Å². The highest BCUT2D eigenvalue weighted by Crippen LogP contribution is 2.26. The van der Waals surface area contributed by atoms with E-state index in [4.69, 9.17) is 5.26 Å². The second-order valence-electron chi connectivity index (χ2n) is 4.29. The molecule has 1 N–H and O–H groups in total.